The molecular formula is C13H23N3O2. The molecular weight excluding hydrogens is 230 g/mol. The molecule has 2 atom stereocenters. The lowest BCUT2D eigenvalue weighted by atomic mass is 9.90. The Balaban J connectivity index is 2.48. The van der Waals surface area contributed by atoms with Crippen molar-refractivity contribution in [3.8, 4) is 6.07 Å². The fourth-order valence-electron chi connectivity index (χ4n) is 2.01. The van der Waals surface area contributed by atoms with E-state index < -0.39 is 5.54 Å². The van der Waals surface area contributed by atoms with Gasteiger partial charge in [-0.15, -0.1) is 0 Å². The Labute approximate surface area is 109 Å². The summed E-state index contributed by atoms with van der Waals surface area (Å²) in [7, 11) is 0. The van der Waals surface area contributed by atoms with Gasteiger partial charge < -0.3 is 10.4 Å². The largest absolute Gasteiger partial charge is 0.392 e. The smallest absolute Gasteiger partial charge is 0.235 e. The maximum atomic E-state index is 11.9. The van der Waals surface area contributed by atoms with Gasteiger partial charge in [0.15, 0.2) is 0 Å². The van der Waals surface area contributed by atoms with Crippen molar-refractivity contribution in [3.63, 3.8) is 0 Å². The summed E-state index contributed by atoms with van der Waals surface area (Å²) in [5, 5.41) is 21.4. The van der Waals surface area contributed by atoms with E-state index in [0.717, 1.165) is 19.4 Å². The number of nitriles is 1. The molecule has 18 heavy (non-hydrogen) atoms. The molecule has 1 rings (SSSR count). The number of β-amino-alcohol motifs (C(OH)–C–C–N with tert-alkyl or cyclic N) is 1. The van der Waals surface area contributed by atoms with Crippen molar-refractivity contribution < 1.29 is 9.90 Å². The molecule has 1 fully saturated rings. The highest BCUT2D eigenvalue weighted by atomic mass is 16.3. The first-order valence-corrected chi connectivity index (χ1v) is 6.50. The van der Waals surface area contributed by atoms with Crippen LogP contribution in [0.2, 0.25) is 0 Å². The molecule has 1 amide bonds. The van der Waals surface area contributed by atoms with Gasteiger partial charge in [-0.3, -0.25) is 9.69 Å². The molecule has 5 heteroatoms. The number of aliphatic hydroxyl groups is 1. The Bertz CT molecular complexity index is 338. The minimum atomic E-state index is -0.828. The number of aliphatic hydroxyl groups excluding tert-OH is 1. The third-order valence-corrected chi connectivity index (χ3v) is 3.63. The first kappa shape index (κ1) is 14.9. The van der Waals surface area contributed by atoms with Gasteiger partial charge in [0.2, 0.25) is 5.91 Å². The van der Waals surface area contributed by atoms with Crippen molar-refractivity contribution in [2.75, 3.05) is 19.6 Å². The van der Waals surface area contributed by atoms with Crippen molar-refractivity contribution in [2.45, 2.75) is 45.3 Å². The van der Waals surface area contributed by atoms with Gasteiger partial charge in [0.05, 0.1) is 18.7 Å². The molecule has 0 bridgehead atoms. The van der Waals surface area contributed by atoms with Crippen molar-refractivity contribution in [1.29, 1.82) is 5.26 Å². The highest BCUT2D eigenvalue weighted by Crippen LogP contribution is 2.15. The van der Waals surface area contributed by atoms with Gasteiger partial charge in [-0.05, 0) is 32.2 Å². The van der Waals surface area contributed by atoms with Crippen LogP contribution in [0.1, 0.15) is 33.6 Å². The van der Waals surface area contributed by atoms with Crippen molar-refractivity contribution in [1.82, 2.24) is 10.2 Å². The zero-order chi connectivity index (χ0) is 13.8. The molecule has 102 valence electrons. The first-order chi connectivity index (χ1) is 8.37. The predicted molar refractivity (Wildman–Crippen MR) is 68.7 cm³/mol. The summed E-state index contributed by atoms with van der Waals surface area (Å²) in [4.78, 5) is 13.8. The number of nitrogens with one attached hydrogen (secondary N) is 1. The molecule has 0 aromatic heterocycles. The van der Waals surface area contributed by atoms with Crippen LogP contribution in [0.15, 0.2) is 0 Å². The summed E-state index contributed by atoms with van der Waals surface area (Å²) in [6, 6.07) is 2.15. The fourth-order valence-corrected chi connectivity index (χ4v) is 2.01. The Kier molecular flexibility index (Phi) is 5.12. The number of hydrogen-bond donors (Lipinski definition) is 2. The highest BCUT2D eigenvalue weighted by molar-refractivity contribution is 5.79. The summed E-state index contributed by atoms with van der Waals surface area (Å²) in [5.74, 6) is -0.0970. The number of likely N-dealkylation sites (tertiary alicyclic amines) is 1. The second-order valence-corrected chi connectivity index (χ2v) is 5.55. The third kappa shape index (κ3) is 3.97. The van der Waals surface area contributed by atoms with E-state index in [9.17, 15) is 9.90 Å². The number of hydrogen-bond acceptors (Lipinski definition) is 4. The molecule has 1 aliphatic heterocycles. The fraction of sp³-hybridized carbons (Fsp3) is 0.846. The Morgan fingerprint density at radius 1 is 1.67 bits per heavy atom. The number of amides is 1. The summed E-state index contributed by atoms with van der Waals surface area (Å²) < 4.78 is 0. The summed E-state index contributed by atoms with van der Waals surface area (Å²) in [6.07, 6.45) is 1.38. The van der Waals surface area contributed by atoms with E-state index in [1.54, 1.807) is 6.92 Å². The van der Waals surface area contributed by atoms with E-state index in [4.69, 9.17) is 5.26 Å². The molecule has 1 aliphatic rings. The number of carbonyl (C=O) groups is 1. The average Bonchev–Trinajstić information content (AvgIpc) is 2.28. The molecule has 2 unspecified atom stereocenters. The van der Waals surface area contributed by atoms with Crippen LogP contribution in [0.4, 0.5) is 0 Å². The monoisotopic (exact) mass is 253 g/mol. The van der Waals surface area contributed by atoms with Gasteiger partial charge in [-0.2, -0.15) is 5.26 Å². The van der Waals surface area contributed by atoms with Crippen LogP contribution in [-0.4, -0.2) is 47.2 Å². The van der Waals surface area contributed by atoms with E-state index >= 15 is 0 Å². The average molecular weight is 253 g/mol. The standard InChI is InChI=1S/C13H23N3O2/c1-10(2)13(3,9-14)15-12(18)8-16-6-4-5-11(17)7-16/h10-11,17H,4-8H2,1-3H3,(H,15,18). The van der Waals surface area contributed by atoms with E-state index in [-0.39, 0.29) is 24.5 Å². The zero-order valence-corrected chi connectivity index (χ0v) is 11.4. The number of carbonyl (C=O) groups excluding carboxylic acids is 1. The van der Waals surface area contributed by atoms with Crippen LogP contribution in [0.5, 0.6) is 0 Å². The molecule has 2 N–H and O–H groups in total. The number of rotatable bonds is 4. The maximum Gasteiger partial charge on any atom is 0.235 e. The van der Waals surface area contributed by atoms with E-state index in [0.29, 0.717) is 6.54 Å². The maximum absolute atomic E-state index is 11.9. The van der Waals surface area contributed by atoms with Gasteiger partial charge in [0.1, 0.15) is 5.54 Å². The van der Waals surface area contributed by atoms with Crippen molar-refractivity contribution in [3.05, 3.63) is 0 Å². The normalized spacial score (nSPS) is 24.3. The lowest BCUT2D eigenvalue weighted by Crippen LogP contribution is -2.53. The molecule has 0 aromatic carbocycles. The van der Waals surface area contributed by atoms with Crippen molar-refractivity contribution in [2.24, 2.45) is 5.92 Å². The van der Waals surface area contributed by atoms with Gasteiger partial charge in [-0.25, -0.2) is 0 Å². The quantitative estimate of drug-likeness (QED) is 0.765. The van der Waals surface area contributed by atoms with Crippen LogP contribution in [0.3, 0.4) is 0 Å². The first-order valence-electron chi connectivity index (χ1n) is 6.50. The zero-order valence-electron chi connectivity index (χ0n) is 11.4. The van der Waals surface area contributed by atoms with E-state index in [1.807, 2.05) is 18.7 Å². The summed E-state index contributed by atoms with van der Waals surface area (Å²) >= 11 is 0. The Hall–Kier alpha value is -1.12. The van der Waals surface area contributed by atoms with Crippen LogP contribution >= 0.6 is 0 Å². The summed E-state index contributed by atoms with van der Waals surface area (Å²) in [6.45, 7) is 7.18. The number of nitrogens with zero attached hydrogens (tertiary/aromatic N) is 2. The third-order valence-electron chi connectivity index (χ3n) is 3.63. The number of piperidine rings is 1. The molecule has 1 saturated heterocycles. The van der Waals surface area contributed by atoms with Gasteiger partial charge in [-0.1, -0.05) is 13.8 Å². The minimum Gasteiger partial charge on any atom is -0.392 e. The topological polar surface area (TPSA) is 76.4 Å². The van der Waals surface area contributed by atoms with Crippen LogP contribution in [0, 0.1) is 17.2 Å². The van der Waals surface area contributed by atoms with Crippen LogP contribution in [0.25, 0.3) is 0 Å². The van der Waals surface area contributed by atoms with E-state index in [1.165, 1.54) is 0 Å². The molecule has 0 spiro atoms. The van der Waals surface area contributed by atoms with E-state index in [2.05, 4.69) is 11.4 Å². The Morgan fingerprint density at radius 2 is 2.33 bits per heavy atom. The molecule has 0 aliphatic carbocycles. The predicted octanol–water partition coefficient (Wildman–Crippen LogP) is 0.498. The van der Waals surface area contributed by atoms with Gasteiger partial charge in [0.25, 0.3) is 0 Å². The SMILES string of the molecule is CC(C)C(C)(C#N)NC(=O)CN1CCCC(O)C1. The van der Waals surface area contributed by atoms with Gasteiger partial charge in [0, 0.05) is 6.54 Å². The van der Waals surface area contributed by atoms with Crippen LogP contribution < -0.4 is 5.32 Å². The molecule has 5 nitrogen and oxygen atoms in total. The highest BCUT2D eigenvalue weighted by Gasteiger charge is 2.30. The van der Waals surface area contributed by atoms with Crippen molar-refractivity contribution >= 4 is 5.91 Å². The molecule has 0 aromatic rings. The molecule has 1 heterocycles. The summed E-state index contributed by atoms with van der Waals surface area (Å²) in [5.41, 5.74) is -0.828. The molecule has 0 radical (unpaired) electrons. The second-order valence-electron chi connectivity index (χ2n) is 5.55. The minimum absolute atomic E-state index is 0.0541. The lowest BCUT2D eigenvalue weighted by Gasteiger charge is -2.32. The lowest BCUT2D eigenvalue weighted by molar-refractivity contribution is -0.124. The Morgan fingerprint density at radius 3 is 2.83 bits per heavy atom. The molecule has 0 saturated carbocycles. The van der Waals surface area contributed by atoms with Crippen LogP contribution in [-0.2, 0) is 4.79 Å². The van der Waals surface area contributed by atoms with Gasteiger partial charge >= 0.3 is 0 Å². The second kappa shape index (κ2) is 6.17.